The number of aromatic nitrogens is 3. The molecule has 1 heterocycles. The predicted octanol–water partition coefficient (Wildman–Crippen LogP) is 1.42. The van der Waals surface area contributed by atoms with Crippen LogP contribution in [0.3, 0.4) is 0 Å². The molecule has 0 saturated heterocycles. The smallest absolute Gasteiger partial charge is 0.183 e. The number of rotatable bonds is 4. The normalized spacial score (nSPS) is 9.79. The van der Waals surface area contributed by atoms with Crippen molar-refractivity contribution < 1.29 is 4.74 Å². The highest BCUT2D eigenvalue weighted by Crippen LogP contribution is 2.24. The molecule has 98 valence electrons. The number of methoxy groups -OCH3 is 1. The summed E-state index contributed by atoms with van der Waals surface area (Å²) in [7, 11) is 1.65. The Morgan fingerprint density at radius 2 is 2.37 bits per heavy atom. The molecule has 0 unspecified atom stereocenters. The summed E-state index contributed by atoms with van der Waals surface area (Å²) in [5.41, 5.74) is 7.45. The van der Waals surface area contributed by atoms with Crippen molar-refractivity contribution in [2.75, 3.05) is 13.7 Å². The van der Waals surface area contributed by atoms with Crippen molar-refractivity contribution in [1.82, 2.24) is 15.2 Å². The molecule has 0 spiro atoms. The van der Waals surface area contributed by atoms with Crippen molar-refractivity contribution in [3.05, 3.63) is 35.7 Å². The minimum atomic E-state index is 0.348. The lowest BCUT2D eigenvalue weighted by atomic mass is 10.1. The van der Waals surface area contributed by atoms with Gasteiger partial charge in [-0.3, -0.25) is 5.10 Å². The van der Waals surface area contributed by atoms with E-state index in [0.29, 0.717) is 6.54 Å². The van der Waals surface area contributed by atoms with Gasteiger partial charge in [0.1, 0.15) is 12.1 Å². The molecule has 0 radical (unpaired) electrons. The summed E-state index contributed by atoms with van der Waals surface area (Å²) in [6.07, 6.45) is 1.49. The van der Waals surface area contributed by atoms with Crippen molar-refractivity contribution in [3.63, 3.8) is 0 Å². The number of hydrogen-bond donors (Lipinski definition) is 2. The van der Waals surface area contributed by atoms with Gasteiger partial charge in [0, 0.05) is 11.3 Å². The largest absolute Gasteiger partial charge is 0.497 e. The minimum Gasteiger partial charge on any atom is -0.497 e. The highest BCUT2D eigenvalue weighted by atomic mass is 32.2. The van der Waals surface area contributed by atoms with E-state index in [1.807, 2.05) is 18.2 Å². The van der Waals surface area contributed by atoms with Gasteiger partial charge in [-0.05, 0) is 23.8 Å². The molecule has 0 saturated carbocycles. The van der Waals surface area contributed by atoms with E-state index < -0.39 is 0 Å². The molecular weight excluding hydrogens is 260 g/mol. The summed E-state index contributed by atoms with van der Waals surface area (Å²) in [5, 5.41) is 7.41. The number of H-pyrrole nitrogens is 1. The highest BCUT2D eigenvalue weighted by Gasteiger charge is 2.05. The molecular formula is C13H14N4OS. The van der Waals surface area contributed by atoms with E-state index >= 15 is 0 Å². The van der Waals surface area contributed by atoms with Crippen LogP contribution in [0.15, 0.2) is 29.7 Å². The topological polar surface area (TPSA) is 76.8 Å². The molecule has 0 aliphatic rings. The number of nitrogens with one attached hydrogen (secondary N) is 1. The number of hydrogen-bond acceptors (Lipinski definition) is 5. The second kappa shape index (κ2) is 6.83. The molecule has 5 nitrogen and oxygen atoms in total. The Kier molecular flexibility index (Phi) is 4.84. The Morgan fingerprint density at radius 3 is 3.05 bits per heavy atom. The summed E-state index contributed by atoms with van der Waals surface area (Å²) >= 11 is 1.56. The average Bonchev–Trinajstić information content (AvgIpc) is 2.96. The zero-order valence-corrected chi connectivity index (χ0v) is 11.3. The molecule has 0 aliphatic heterocycles. The number of ether oxygens (including phenoxy) is 1. The number of benzene rings is 1. The van der Waals surface area contributed by atoms with Gasteiger partial charge in [0.05, 0.1) is 13.7 Å². The van der Waals surface area contributed by atoms with Crippen molar-refractivity contribution in [2.24, 2.45) is 5.73 Å². The third kappa shape index (κ3) is 3.74. The van der Waals surface area contributed by atoms with E-state index in [4.69, 9.17) is 10.5 Å². The van der Waals surface area contributed by atoms with Crippen LogP contribution in [0.4, 0.5) is 0 Å². The first kappa shape index (κ1) is 13.5. The molecule has 19 heavy (non-hydrogen) atoms. The van der Waals surface area contributed by atoms with Gasteiger partial charge in [0.25, 0.3) is 0 Å². The molecule has 6 heteroatoms. The first-order valence-electron chi connectivity index (χ1n) is 5.67. The van der Waals surface area contributed by atoms with E-state index in [9.17, 15) is 0 Å². The maximum atomic E-state index is 5.41. The highest BCUT2D eigenvalue weighted by molar-refractivity contribution is 7.98. The van der Waals surface area contributed by atoms with Crippen LogP contribution in [0.1, 0.15) is 11.1 Å². The zero-order chi connectivity index (χ0) is 13.5. The van der Waals surface area contributed by atoms with Crippen LogP contribution in [0, 0.1) is 11.8 Å². The molecule has 1 aromatic heterocycles. The molecule has 2 aromatic rings. The standard InChI is InChI=1S/C13H14N4OS/c1-18-12-5-4-10(3-2-6-14)11(7-12)8-19-13-15-9-16-17-13/h4-5,7,9H,6,8,14H2,1H3,(H,15,16,17). The van der Waals surface area contributed by atoms with Gasteiger partial charge in [-0.2, -0.15) is 5.10 Å². The third-order valence-electron chi connectivity index (χ3n) is 2.39. The number of nitrogens with zero attached hydrogens (tertiary/aromatic N) is 2. The van der Waals surface area contributed by atoms with Crippen LogP contribution in [0.5, 0.6) is 5.75 Å². The Labute approximate surface area is 116 Å². The van der Waals surface area contributed by atoms with Crippen molar-refractivity contribution in [3.8, 4) is 17.6 Å². The van der Waals surface area contributed by atoms with E-state index in [1.165, 1.54) is 6.33 Å². The van der Waals surface area contributed by atoms with E-state index in [1.54, 1.807) is 18.9 Å². The summed E-state index contributed by atoms with van der Waals surface area (Å²) in [4.78, 5) is 4.07. The lowest BCUT2D eigenvalue weighted by molar-refractivity contribution is 0.414. The van der Waals surface area contributed by atoms with Crippen molar-refractivity contribution >= 4 is 11.8 Å². The number of nitrogens with two attached hydrogens (primary N) is 1. The van der Waals surface area contributed by atoms with Gasteiger partial charge >= 0.3 is 0 Å². The molecule has 0 bridgehead atoms. The second-order valence-corrected chi connectivity index (χ2v) is 4.57. The van der Waals surface area contributed by atoms with Crippen LogP contribution in [-0.4, -0.2) is 28.8 Å². The lowest BCUT2D eigenvalue weighted by Crippen LogP contribution is -1.95. The summed E-state index contributed by atoms with van der Waals surface area (Å²) in [6, 6.07) is 5.81. The van der Waals surface area contributed by atoms with Crippen LogP contribution in [-0.2, 0) is 5.75 Å². The fourth-order valence-corrected chi connectivity index (χ4v) is 2.26. The van der Waals surface area contributed by atoms with E-state index in [2.05, 4.69) is 27.0 Å². The van der Waals surface area contributed by atoms with Crippen LogP contribution >= 0.6 is 11.8 Å². The Balaban J connectivity index is 2.19. The average molecular weight is 274 g/mol. The quantitative estimate of drug-likeness (QED) is 0.651. The number of thioether (sulfide) groups is 1. The van der Waals surface area contributed by atoms with Gasteiger partial charge in [0.15, 0.2) is 5.16 Å². The predicted molar refractivity (Wildman–Crippen MR) is 74.9 cm³/mol. The van der Waals surface area contributed by atoms with E-state index in [0.717, 1.165) is 27.8 Å². The van der Waals surface area contributed by atoms with Crippen LogP contribution in [0.2, 0.25) is 0 Å². The number of aromatic amines is 1. The molecule has 0 amide bonds. The lowest BCUT2D eigenvalue weighted by Gasteiger charge is -2.06. The molecule has 3 N–H and O–H groups in total. The summed E-state index contributed by atoms with van der Waals surface area (Å²) in [6.45, 7) is 0.348. The van der Waals surface area contributed by atoms with Crippen molar-refractivity contribution in [1.29, 1.82) is 0 Å². The maximum absolute atomic E-state index is 5.41. The summed E-state index contributed by atoms with van der Waals surface area (Å²) in [5.74, 6) is 7.48. The van der Waals surface area contributed by atoms with Gasteiger partial charge in [-0.1, -0.05) is 23.6 Å². The molecule has 0 fully saturated rings. The Hall–Kier alpha value is -1.97. The molecule has 0 atom stereocenters. The van der Waals surface area contributed by atoms with Crippen LogP contribution < -0.4 is 10.5 Å². The van der Waals surface area contributed by atoms with Gasteiger partial charge < -0.3 is 10.5 Å². The first-order chi connectivity index (χ1) is 9.33. The second-order valence-electron chi connectivity index (χ2n) is 3.61. The SMILES string of the molecule is COc1ccc(C#CCN)c(CSc2ncn[nH]2)c1. The molecule has 2 rings (SSSR count). The molecule has 0 aliphatic carbocycles. The zero-order valence-electron chi connectivity index (χ0n) is 10.5. The van der Waals surface area contributed by atoms with Gasteiger partial charge in [0.2, 0.25) is 0 Å². The van der Waals surface area contributed by atoms with Crippen LogP contribution in [0.25, 0.3) is 0 Å². The van der Waals surface area contributed by atoms with Gasteiger partial charge in [-0.25, -0.2) is 4.98 Å². The first-order valence-corrected chi connectivity index (χ1v) is 6.66. The summed E-state index contributed by atoms with van der Waals surface area (Å²) < 4.78 is 5.23. The van der Waals surface area contributed by atoms with Crippen molar-refractivity contribution in [2.45, 2.75) is 10.9 Å². The monoisotopic (exact) mass is 274 g/mol. The molecule has 1 aromatic carbocycles. The van der Waals surface area contributed by atoms with Gasteiger partial charge in [-0.15, -0.1) is 0 Å². The Morgan fingerprint density at radius 1 is 1.47 bits per heavy atom. The third-order valence-corrected chi connectivity index (χ3v) is 3.32. The Bertz CT molecular complexity index is 586. The van der Waals surface area contributed by atoms with E-state index in [-0.39, 0.29) is 0 Å². The minimum absolute atomic E-state index is 0.348. The fraction of sp³-hybridized carbons (Fsp3) is 0.231. The maximum Gasteiger partial charge on any atom is 0.183 e. The fourth-order valence-electron chi connectivity index (χ4n) is 1.49.